The van der Waals surface area contributed by atoms with E-state index in [9.17, 15) is 0 Å². The van der Waals surface area contributed by atoms with Gasteiger partial charge in [-0.15, -0.1) is 0 Å². The zero-order chi connectivity index (χ0) is 13.7. The predicted octanol–water partition coefficient (Wildman–Crippen LogP) is 2.51. The SMILES string of the molecule is CCNC1CCC(C)CC1CN1CCCOC(C)C1. The lowest BCUT2D eigenvalue weighted by atomic mass is 9.78. The van der Waals surface area contributed by atoms with Crippen LogP contribution in [-0.2, 0) is 4.74 Å². The maximum Gasteiger partial charge on any atom is 0.0673 e. The molecule has 2 aliphatic rings. The molecular weight excluding hydrogens is 236 g/mol. The Morgan fingerprint density at radius 1 is 1.26 bits per heavy atom. The van der Waals surface area contributed by atoms with E-state index < -0.39 is 0 Å². The predicted molar refractivity (Wildman–Crippen MR) is 80.4 cm³/mol. The molecule has 1 saturated carbocycles. The van der Waals surface area contributed by atoms with Crippen LogP contribution in [0.5, 0.6) is 0 Å². The van der Waals surface area contributed by atoms with Crippen LogP contribution in [0.15, 0.2) is 0 Å². The van der Waals surface area contributed by atoms with Gasteiger partial charge in [-0.3, -0.25) is 0 Å². The second-order valence-electron chi connectivity index (χ2n) is 6.64. The van der Waals surface area contributed by atoms with E-state index in [2.05, 4.69) is 31.0 Å². The fourth-order valence-corrected chi connectivity index (χ4v) is 3.81. The van der Waals surface area contributed by atoms with Crippen molar-refractivity contribution in [1.82, 2.24) is 10.2 Å². The fourth-order valence-electron chi connectivity index (χ4n) is 3.81. The summed E-state index contributed by atoms with van der Waals surface area (Å²) in [7, 11) is 0. The Hall–Kier alpha value is -0.120. The lowest BCUT2D eigenvalue weighted by molar-refractivity contribution is 0.0612. The van der Waals surface area contributed by atoms with Gasteiger partial charge in [0.2, 0.25) is 0 Å². The Kier molecular flexibility index (Phi) is 6.11. The summed E-state index contributed by atoms with van der Waals surface area (Å²) < 4.78 is 5.76. The molecule has 0 aromatic heterocycles. The molecule has 4 atom stereocenters. The summed E-state index contributed by atoms with van der Waals surface area (Å²) in [5, 5.41) is 3.71. The van der Waals surface area contributed by atoms with Crippen LogP contribution >= 0.6 is 0 Å². The van der Waals surface area contributed by atoms with Gasteiger partial charge in [-0.25, -0.2) is 0 Å². The smallest absolute Gasteiger partial charge is 0.0673 e. The standard InChI is InChI=1S/C16H32N2O/c1-4-17-16-7-6-13(2)10-15(16)12-18-8-5-9-19-14(3)11-18/h13-17H,4-12H2,1-3H3. The van der Waals surface area contributed by atoms with E-state index in [-0.39, 0.29) is 0 Å². The van der Waals surface area contributed by atoms with Gasteiger partial charge in [0.05, 0.1) is 6.10 Å². The molecule has 0 aromatic rings. The summed E-state index contributed by atoms with van der Waals surface area (Å²) in [4.78, 5) is 2.64. The summed E-state index contributed by atoms with van der Waals surface area (Å²) in [6, 6.07) is 0.737. The van der Waals surface area contributed by atoms with Crippen LogP contribution in [0.4, 0.5) is 0 Å². The van der Waals surface area contributed by atoms with Gasteiger partial charge < -0.3 is 15.0 Å². The molecule has 0 aromatic carbocycles. The van der Waals surface area contributed by atoms with Gasteiger partial charge in [0.25, 0.3) is 0 Å². The van der Waals surface area contributed by atoms with Crippen molar-refractivity contribution >= 4 is 0 Å². The second-order valence-corrected chi connectivity index (χ2v) is 6.64. The minimum atomic E-state index is 0.404. The Balaban J connectivity index is 1.89. The molecule has 4 unspecified atom stereocenters. The molecule has 19 heavy (non-hydrogen) atoms. The molecule has 2 rings (SSSR count). The van der Waals surface area contributed by atoms with E-state index >= 15 is 0 Å². The van der Waals surface area contributed by atoms with Crippen LogP contribution in [0.3, 0.4) is 0 Å². The normalized spacial score (nSPS) is 38.1. The summed E-state index contributed by atoms with van der Waals surface area (Å²) in [5.41, 5.74) is 0. The summed E-state index contributed by atoms with van der Waals surface area (Å²) >= 11 is 0. The highest BCUT2D eigenvalue weighted by atomic mass is 16.5. The average Bonchev–Trinajstić information content (AvgIpc) is 2.57. The van der Waals surface area contributed by atoms with E-state index in [1.54, 1.807) is 0 Å². The van der Waals surface area contributed by atoms with Gasteiger partial charge >= 0.3 is 0 Å². The molecule has 0 radical (unpaired) electrons. The molecule has 2 fully saturated rings. The van der Waals surface area contributed by atoms with Crippen molar-refractivity contribution in [2.24, 2.45) is 11.8 Å². The van der Waals surface area contributed by atoms with Crippen LogP contribution in [-0.4, -0.2) is 49.8 Å². The first kappa shape index (κ1) is 15.3. The van der Waals surface area contributed by atoms with Crippen molar-refractivity contribution < 1.29 is 4.74 Å². The Labute approximate surface area is 119 Å². The molecule has 112 valence electrons. The van der Waals surface area contributed by atoms with E-state index in [4.69, 9.17) is 4.74 Å². The first-order chi connectivity index (χ1) is 9.19. The topological polar surface area (TPSA) is 24.5 Å². The van der Waals surface area contributed by atoms with Crippen molar-refractivity contribution in [3.05, 3.63) is 0 Å². The number of hydrogen-bond acceptors (Lipinski definition) is 3. The number of rotatable bonds is 4. The largest absolute Gasteiger partial charge is 0.377 e. The number of nitrogens with one attached hydrogen (secondary N) is 1. The van der Waals surface area contributed by atoms with Crippen molar-refractivity contribution in [2.45, 2.75) is 58.6 Å². The average molecular weight is 268 g/mol. The van der Waals surface area contributed by atoms with Crippen LogP contribution in [0, 0.1) is 11.8 Å². The first-order valence-electron chi connectivity index (χ1n) is 8.26. The van der Waals surface area contributed by atoms with Crippen LogP contribution < -0.4 is 5.32 Å². The molecular formula is C16H32N2O. The molecule has 1 heterocycles. The molecule has 0 bridgehead atoms. The maximum atomic E-state index is 5.76. The molecule has 0 amide bonds. The third-order valence-corrected chi connectivity index (χ3v) is 4.74. The number of ether oxygens (including phenoxy) is 1. The highest BCUT2D eigenvalue weighted by molar-refractivity contribution is 4.86. The molecule has 0 spiro atoms. The summed E-state index contributed by atoms with van der Waals surface area (Å²) in [6.45, 7) is 12.5. The zero-order valence-electron chi connectivity index (χ0n) is 13.0. The first-order valence-corrected chi connectivity index (χ1v) is 8.26. The summed E-state index contributed by atoms with van der Waals surface area (Å²) in [5.74, 6) is 1.73. The van der Waals surface area contributed by atoms with Gasteiger partial charge in [0.15, 0.2) is 0 Å². The van der Waals surface area contributed by atoms with Gasteiger partial charge in [0.1, 0.15) is 0 Å². The maximum absolute atomic E-state index is 5.76. The Bertz CT molecular complexity index is 259. The van der Waals surface area contributed by atoms with Gasteiger partial charge in [-0.05, 0) is 51.0 Å². The van der Waals surface area contributed by atoms with Crippen molar-refractivity contribution in [1.29, 1.82) is 0 Å². The van der Waals surface area contributed by atoms with Crippen LogP contribution in [0.2, 0.25) is 0 Å². The van der Waals surface area contributed by atoms with Crippen molar-refractivity contribution in [3.8, 4) is 0 Å². The van der Waals surface area contributed by atoms with E-state index in [0.29, 0.717) is 6.10 Å². The highest BCUT2D eigenvalue weighted by Gasteiger charge is 2.30. The molecule has 1 aliphatic heterocycles. The quantitative estimate of drug-likeness (QED) is 0.848. The summed E-state index contributed by atoms with van der Waals surface area (Å²) in [6.07, 6.45) is 5.75. The molecule has 1 aliphatic carbocycles. The second kappa shape index (κ2) is 7.61. The third kappa shape index (κ3) is 4.73. The third-order valence-electron chi connectivity index (χ3n) is 4.74. The monoisotopic (exact) mass is 268 g/mol. The van der Waals surface area contributed by atoms with Gasteiger partial charge in [-0.2, -0.15) is 0 Å². The van der Waals surface area contributed by atoms with Crippen LogP contribution in [0.1, 0.15) is 46.5 Å². The lowest BCUT2D eigenvalue weighted by Gasteiger charge is -2.38. The lowest BCUT2D eigenvalue weighted by Crippen LogP contribution is -2.46. The highest BCUT2D eigenvalue weighted by Crippen LogP contribution is 2.30. The van der Waals surface area contributed by atoms with Crippen molar-refractivity contribution in [2.75, 3.05) is 32.8 Å². The molecule has 1 saturated heterocycles. The molecule has 1 N–H and O–H groups in total. The number of hydrogen-bond donors (Lipinski definition) is 1. The minimum absolute atomic E-state index is 0.404. The Morgan fingerprint density at radius 2 is 2.11 bits per heavy atom. The minimum Gasteiger partial charge on any atom is -0.377 e. The van der Waals surface area contributed by atoms with Gasteiger partial charge in [-0.1, -0.05) is 13.8 Å². The molecule has 3 heteroatoms. The fraction of sp³-hybridized carbons (Fsp3) is 1.00. The van der Waals surface area contributed by atoms with E-state index in [1.807, 2.05) is 0 Å². The van der Waals surface area contributed by atoms with E-state index in [1.165, 1.54) is 38.8 Å². The van der Waals surface area contributed by atoms with E-state index in [0.717, 1.165) is 37.6 Å². The van der Waals surface area contributed by atoms with Crippen molar-refractivity contribution in [3.63, 3.8) is 0 Å². The van der Waals surface area contributed by atoms with Crippen LogP contribution in [0.25, 0.3) is 0 Å². The number of nitrogens with zero attached hydrogens (tertiary/aromatic N) is 1. The zero-order valence-corrected chi connectivity index (χ0v) is 13.0. The Morgan fingerprint density at radius 3 is 2.89 bits per heavy atom. The van der Waals surface area contributed by atoms with Gasteiger partial charge in [0, 0.05) is 32.3 Å². The molecule has 3 nitrogen and oxygen atoms in total.